The van der Waals surface area contributed by atoms with Gasteiger partial charge >= 0.3 is 0 Å². The van der Waals surface area contributed by atoms with Gasteiger partial charge in [-0.05, 0) is 27.9 Å². The molecule has 0 aliphatic carbocycles. The van der Waals surface area contributed by atoms with Crippen LogP contribution in [0.1, 0.15) is 13.8 Å². The van der Waals surface area contributed by atoms with Crippen molar-refractivity contribution in [3.8, 4) is 6.07 Å². The maximum Gasteiger partial charge on any atom is 0.0924 e. The molecule has 0 saturated heterocycles. The third-order valence-electron chi connectivity index (χ3n) is 1.79. The highest BCUT2D eigenvalue weighted by atomic mass is 15.1. The molecule has 0 aromatic rings. The first-order valence-electron chi connectivity index (χ1n) is 3.87. The Morgan fingerprint density at radius 3 is 2.36 bits per heavy atom. The van der Waals surface area contributed by atoms with E-state index in [1.54, 1.807) is 0 Å². The number of nitrogens with zero attached hydrogens (tertiary/aromatic N) is 2. The molecule has 2 atom stereocenters. The van der Waals surface area contributed by atoms with E-state index in [9.17, 15) is 0 Å². The summed E-state index contributed by atoms with van der Waals surface area (Å²) < 4.78 is 0. The second-order valence-corrected chi connectivity index (χ2v) is 3.07. The molecule has 0 aromatic carbocycles. The summed E-state index contributed by atoms with van der Waals surface area (Å²) in [6.45, 7) is 4.85. The van der Waals surface area contributed by atoms with Crippen molar-refractivity contribution in [2.45, 2.75) is 25.9 Å². The first-order chi connectivity index (χ1) is 5.07. The summed E-state index contributed by atoms with van der Waals surface area (Å²) in [6, 6.07) is 2.56. The van der Waals surface area contributed by atoms with Crippen molar-refractivity contribution in [2.75, 3.05) is 20.6 Å². The Morgan fingerprint density at radius 2 is 2.00 bits per heavy atom. The molecular formula is C8H17N3. The van der Waals surface area contributed by atoms with Gasteiger partial charge in [0.2, 0.25) is 0 Å². The van der Waals surface area contributed by atoms with E-state index in [1.807, 2.05) is 21.0 Å². The molecule has 0 radical (unpaired) electrons. The lowest BCUT2D eigenvalue weighted by Gasteiger charge is -2.20. The van der Waals surface area contributed by atoms with Gasteiger partial charge in [-0.15, -0.1) is 0 Å². The lowest BCUT2D eigenvalue weighted by atomic mass is 10.3. The van der Waals surface area contributed by atoms with Crippen LogP contribution in [0.3, 0.4) is 0 Å². The topological polar surface area (TPSA) is 39.1 Å². The van der Waals surface area contributed by atoms with Gasteiger partial charge < -0.3 is 10.2 Å². The normalized spacial score (nSPS) is 16.0. The Kier molecular flexibility index (Phi) is 4.84. The predicted octanol–water partition coefficient (Wildman–Crippen LogP) is 0.438. The minimum absolute atomic E-state index is 0.0441. The molecule has 0 saturated carbocycles. The number of rotatable bonds is 4. The Balaban J connectivity index is 3.47. The van der Waals surface area contributed by atoms with Crippen LogP contribution in [-0.2, 0) is 0 Å². The molecule has 1 N–H and O–H groups in total. The van der Waals surface area contributed by atoms with Gasteiger partial charge in [-0.1, -0.05) is 0 Å². The minimum atomic E-state index is -0.0441. The molecule has 0 amide bonds. The van der Waals surface area contributed by atoms with Gasteiger partial charge in [0.1, 0.15) is 0 Å². The van der Waals surface area contributed by atoms with Crippen LogP contribution in [0.15, 0.2) is 0 Å². The largest absolute Gasteiger partial charge is 0.305 e. The molecule has 2 unspecified atom stereocenters. The monoisotopic (exact) mass is 155 g/mol. The van der Waals surface area contributed by atoms with E-state index in [2.05, 4.69) is 23.2 Å². The average Bonchev–Trinajstić information content (AvgIpc) is 1.99. The van der Waals surface area contributed by atoms with Crippen LogP contribution in [0.2, 0.25) is 0 Å². The molecule has 0 fully saturated rings. The third-order valence-corrected chi connectivity index (χ3v) is 1.79. The molecule has 0 aliphatic rings. The third kappa shape index (κ3) is 4.77. The van der Waals surface area contributed by atoms with Gasteiger partial charge in [-0.25, -0.2) is 0 Å². The summed E-state index contributed by atoms with van der Waals surface area (Å²) >= 11 is 0. The van der Waals surface area contributed by atoms with E-state index in [0.29, 0.717) is 6.04 Å². The second kappa shape index (κ2) is 5.11. The predicted molar refractivity (Wildman–Crippen MR) is 46.2 cm³/mol. The van der Waals surface area contributed by atoms with E-state index >= 15 is 0 Å². The van der Waals surface area contributed by atoms with Crippen LogP contribution in [0.5, 0.6) is 0 Å². The highest BCUT2D eigenvalue weighted by molar-refractivity contribution is 4.86. The number of hydrogen-bond acceptors (Lipinski definition) is 3. The molecule has 3 heteroatoms. The van der Waals surface area contributed by atoms with Crippen molar-refractivity contribution in [3.05, 3.63) is 0 Å². The first kappa shape index (κ1) is 10.4. The zero-order valence-electron chi connectivity index (χ0n) is 7.76. The lowest BCUT2D eigenvalue weighted by molar-refractivity contribution is 0.300. The van der Waals surface area contributed by atoms with Crippen molar-refractivity contribution < 1.29 is 0 Å². The van der Waals surface area contributed by atoms with Gasteiger partial charge in [-0.2, -0.15) is 5.26 Å². The van der Waals surface area contributed by atoms with Crippen LogP contribution in [0, 0.1) is 11.3 Å². The molecule has 11 heavy (non-hydrogen) atoms. The van der Waals surface area contributed by atoms with Crippen LogP contribution in [0.25, 0.3) is 0 Å². The summed E-state index contributed by atoms with van der Waals surface area (Å²) in [5, 5.41) is 11.6. The van der Waals surface area contributed by atoms with Crippen LogP contribution in [-0.4, -0.2) is 37.6 Å². The minimum Gasteiger partial charge on any atom is -0.305 e. The maximum absolute atomic E-state index is 8.46. The molecule has 0 bridgehead atoms. The number of hydrogen-bond donors (Lipinski definition) is 1. The van der Waals surface area contributed by atoms with Crippen molar-refractivity contribution in [1.82, 2.24) is 10.2 Å². The fourth-order valence-electron chi connectivity index (χ4n) is 0.576. The maximum atomic E-state index is 8.46. The van der Waals surface area contributed by atoms with E-state index in [-0.39, 0.29) is 6.04 Å². The van der Waals surface area contributed by atoms with E-state index in [0.717, 1.165) is 6.54 Å². The highest BCUT2D eigenvalue weighted by Gasteiger charge is 2.05. The molecule has 3 nitrogen and oxygen atoms in total. The summed E-state index contributed by atoms with van der Waals surface area (Å²) in [7, 11) is 4.06. The smallest absolute Gasteiger partial charge is 0.0924 e. The van der Waals surface area contributed by atoms with Gasteiger partial charge in [-0.3, -0.25) is 0 Å². The van der Waals surface area contributed by atoms with Crippen LogP contribution in [0.4, 0.5) is 0 Å². The van der Waals surface area contributed by atoms with Crippen molar-refractivity contribution in [1.29, 1.82) is 5.26 Å². The van der Waals surface area contributed by atoms with Crippen LogP contribution >= 0.6 is 0 Å². The van der Waals surface area contributed by atoms with Crippen molar-refractivity contribution in [3.63, 3.8) is 0 Å². The number of nitrogens with one attached hydrogen (secondary N) is 1. The van der Waals surface area contributed by atoms with Crippen molar-refractivity contribution in [2.24, 2.45) is 0 Å². The lowest BCUT2D eigenvalue weighted by Crippen LogP contribution is -2.38. The van der Waals surface area contributed by atoms with E-state index < -0.39 is 0 Å². The second-order valence-electron chi connectivity index (χ2n) is 3.07. The summed E-state index contributed by atoms with van der Waals surface area (Å²) in [5.74, 6) is 0. The molecule has 0 spiro atoms. The molecule has 0 aliphatic heterocycles. The quantitative estimate of drug-likeness (QED) is 0.640. The fraction of sp³-hybridized carbons (Fsp3) is 0.875. The average molecular weight is 155 g/mol. The van der Waals surface area contributed by atoms with Gasteiger partial charge in [0.25, 0.3) is 0 Å². The van der Waals surface area contributed by atoms with Crippen molar-refractivity contribution >= 4 is 0 Å². The van der Waals surface area contributed by atoms with Gasteiger partial charge in [0, 0.05) is 12.6 Å². The molecule has 0 aromatic heterocycles. The zero-order valence-corrected chi connectivity index (χ0v) is 7.76. The Bertz CT molecular complexity index is 137. The van der Waals surface area contributed by atoms with Crippen LogP contribution < -0.4 is 5.32 Å². The van der Waals surface area contributed by atoms with Gasteiger partial charge in [0.15, 0.2) is 0 Å². The Morgan fingerprint density at radius 1 is 1.45 bits per heavy atom. The summed E-state index contributed by atoms with van der Waals surface area (Å²) in [4.78, 5) is 2.12. The molecule has 0 rings (SSSR count). The SMILES string of the molecule is CC(C#N)NCC(C)N(C)C. The number of likely N-dealkylation sites (N-methyl/N-ethyl adjacent to an activating group) is 1. The summed E-state index contributed by atoms with van der Waals surface area (Å²) in [6.07, 6.45) is 0. The van der Waals surface area contributed by atoms with Gasteiger partial charge in [0.05, 0.1) is 12.1 Å². The van der Waals surface area contributed by atoms with E-state index in [1.165, 1.54) is 0 Å². The molecule has 0 heterocycles. The first-order valence-corrected chi connectivity index (χ1v) is 3.87. The summed E-state index contributed by atoms with van der Waals surface area (Å²) in [5.41, 5.74) is 0. The standard InChI is InChI=1S/C8H17N3/c1-7(5-9)10-6-8(2)11(3)4/h7-8,10H,6H2,1-4H3. The molecule has 64 valence electrons. The highest BCUT2D eigenvalue weighted by Crippen LogP contribution is 1.89. The Labute approximate surface area is 69.0 Å². The fourth-order valence-corrected chi connectivity index (χ4v) is 0.576. The molecular weight excluding hydrogens is 138 g/mol. The Hall–Kier alpha value is -0.590. The number of nitriles is 1. The zero-order chi connectivity index (χ0) is 8.85. The van der Waals surface area contributed by atoms with E-state index in [4.69, 9.17) is 5.26 Å².